The Bertz CT molecular complexity index is 1040. The molecule has 7 heteroatoms. The largest absolute Gasteiger partial charge is 0.453 e. The minimum absolute atomic E-state index is 0.301. The molecule has 3 rings (SSSR count). The lowest BCUT2D eigenvalue weighted by Crippen LogP contribution is -2.24. The van der Waals surface area contributed by atoms with Gasteiger partial charge in [0.2, 0.25) is 0 Å². The van der Waals surface area contributed by atoms with Crippen molar-refractivity contribution in [3.05, 3.63) is 84.9 Å². The average molecular weight is 480 g/mol. The van der Waals surface area contributed by atoms with Crippen LogP contribution in [0.4, 0.5) is 0 Å². The van der Waals surface area contributed by atoms with Crippen molar-refractivity contribution in [3.63, 3.8) is 0 Å². The second-order valence-corrected chi connectivity index (χ2v) is 9.48. The van der Waals surface area contributed by atoms with Gasteiger partial charge in [0.05, 0.1) is 16.8 Å². The van der Waals surface area contributed by atoms with Gasteiger partial charge in [0.15, 0.2) is 27.9 Å². The summed E-state index contributed by atoms with van der Waals surface area (Å²) in [5, 5.41) is 0. The Balaban J connectivity index is 1.58. The van der Waals surface area contributed by atoms with Crippen molar-refractivity contribution in [2.75, 3.05) is 13.2 Å². The van der Waals surface area contributed by atoms with Crippen LogP contribution in [0.5, 0.6) is 5.75 Å². The molecule has 0 fully saturated rings. The monoisotopic (exact) mass is 479 g/mol. The number of hydrogen-bond acceptors (Lipinski definition) is 6. The molecule has 0 saturated carbocycles. The highest BCUT2D eigenvalue weighted by Gasteiger charge is 2.28. The molecule has 0 aliphatic heterocycles. The van der Waals surface area contributed by atoms with Gasteiger partial charge < -0.3 is 14.2 Å². The summed E-state index contributed by atoms with van der Waals surface area (Å²) in [6, 6.07) is 27.7. The van der Waals surface area contributed by atoms with E-state index in [0.717, 1.165) is 4.90 Å². The topological polar surface area (TPSA) is 78.9 Å². The molecule has 6 nitrogen and oxygen atoms in total. The molecule has 0 saturated heterocycles. The summed E-state index contributed by atoms with van der Waals surface area (Å²) in [7, 11) is -0.307. The fraction of sp³-hybridized carbons (Fsp3) is 0.222. The molecule has 0 aliphatic carbocycles. The first-order valence-electron chi connectivity index (χ1n) is 10.9. The molecule has 0 radical (unpaired) electrons. The second kappa shape index (κ2) is 12.6. The zero-order chi connectivity index (χ0) is 24.3. The zero-order valence-electron chi connectivity index (χ0n) is 19.1. The summed E-state index contributed by atoms with van der Waals surface area (Å²) in [6.07, 6.45) is 0.608. The van der Waals surface area contributed by atoms with Crippen molar-refractivity contribution < 1.29 is 28.6 Å². The van der Waals surface area contributed by atoms with Gasteiger partial charge in [0.1, 0.15) is 5.75 Å². The van der Waals surface area contributed by atoms with E-state index in [4.69, 9.17) is 14.2 Å². The highest BCUT2D eigenvalue weighted by molar-refractivity contribution is 7.97. The molecule has 0 spiro atoms. The van der Waals surface area contributed by atoms with Crippen molar-refractivity contribution in [1.82, 2.24) is 0 Å². The van der Waals surface area contributed by atoms with E-state index < -0.39 is 31.1 Å². The van der Waals surface area contributed by atoms with Gasteiger partial charge in [-0.2, -0.15) is 0 Å². The van der Waals surface area contributed by atoms with Gasteiger partial charge in [-0.1, -0.05) is 50.2 Å². The van der Waals surface area contributed by atoms with Crippen molar-refractivity contribution in [3.8, 4) is 5.75 Å². The Kier molecular flexibility index (Phi) is 9.29. The van der Waals surface area contributed by atoms with Gasteiger partial charge >= 0.3 is 17.9 Å². The van der Waals surface area contributed by atoms with Gasteiger partial charge in [-0.25, -0.2) is 9.59 Å². The van der Waals surface area contributed by atoms with E-state index in [2.05, 4.69) is 24.3 Å². The minimum Gasteiger partial charge on any atom is -0.453 e. The molecule has 1 unspecified atom stereocenters. The standard InChI is InChI=1S/C27H27O6S/c1-3-20(2)27(30)32-18-25(28)31-19-26(29)33-21-14-16-24(17-15-21)34(22-10-6-4-7-11-22)23-12-8-5-9-13-23/h4-17,20H,3,18-19H2,1-2H3/q+1. The van der Waals surface area contributed by atoms with Gasteiger partial charge in [-0.15, -0.1) is 0 Å². The van der Waals surface area contributed by atoms with Gasteiger partial charge in [0, 0.05) is 0 Å². The Hall–Kier alpha value is -3.58. The van der Waals surface area contributed by atoms with E-state index in [-0.39, 0.29) is 16.8 Å². The van der Waals surface area contributed by atoms with Gasteiger partial charge in [-0.05, 0) is 55.0 Å². The summed E-state index contributed by atoms with van der Waals surface area (Å²) < 4.78 is 15.0. The molecule has 0 aliphatic rings. The summed E-state index contributed by atoms with van der Waals surface area (Å²) in [6.45, 7) is 2.45. The molecule has 3 aromatic rings. The molecule has 3 aromatic carbocycles. The SMILES string of the molecule is CCC(C)C(=O)OCC(=O)OCC(=O)Oc1ccc([S+](c2ccccc2)c2ccccc2)cc1. The van der Waals surface area contributed by atoms with Gasteiger partial charge in [-0.3, -0.25) is 4.79 Å². The summed E-state index contributed by atoms with van der Waals surface area (Å²) in [4.78, 5) is 38.8. The molecule has 0 heterocycles. The van der Waals surface area contributed by atoms with Crippen molar-refractivity contribution in [2.24, 2.45) is 5.92 Å². The van der Waals surface area contributed by atoms with Crippen LogP contribution in [-0.4, -0.2) is 31.1 Å². The van der Waals surface area contributed by atoms with Crippen LogP contribution in [-0.2, 0) is 34.8 Å². The van der Waals surface area contributed by atoms with Crippen LogP contribution in [0.3, 0.4) is 0 Å². The highest BCUT2D eigenvalue weighted by Crippen LogP contribution is 2.31. The maximum atomic E-state index is 12.1. The fourth-order valence-corrected chi connectivity index (χ4v) is 5.03. The van der Waals surface area contributed by atoms with E-state index in [1.54, 1.807) is 19.1 Å². The lowest BCUT2D eigenvalue weighted by Gasteiger charge is -2.10. The predicted molar refractivity (Wildman–Crippen MR) is 128 cm³/mol. The highest BCUT2D eigenvalue weighted by atomic mass is 32.2. The van der Waals surface area contributed by atoms with E-state index >= 15 is 0 Å². The van der Waals surface area contributed by atoms with E-state index in [9.17, 15) is 14.4 Å². The quantitative estimate of drug-likeness (QED) is 0.236. The maximum Gasteiger partial charge on any atom is 0.349 e. The summed E-state index contributed by atoms with van der Waals surface area (Å²) in [5.41, 5.74) is 0. The first-order chi connectivity index (χ1) is 16.5. The molecular formula is C27H27O6S+. The summed E-state index contributed by atoms with van der Waals surface area (Å²) >= 11 is 0. The van der Waals surface area contributed by atoms with E-state index in [1.807, 2.05) is 55.5 Å². The Morgan fingerprint density at radius 1 is 0.706 bits per heavy atom. The lowest BCUT2D eigenvalue weighted by atomic mass is 10.1. The van der Waals surface area contributed by atoms with E-state index in [0.29, 0.717) is 12.2 Å². The third-order valence-corrected chi connectivity index (χ3v) is 7.18. The van der Waals surface area contributed by atoms with Crippen LogP contribution < -0.4 is 4.74 Å². The smallest absolute Gasteiger partial charge is 0.349 e. The molecule has 0 aromatic heterocycles. The fourth-order valence-electron chi connectivity index (χ4n) is 2.95. The van der Waals surface area contributed by atoms with Crippen LogP contribution in [0.1, 0.15) is 20.3 Å². The molecule has 176 valence electrons. The normalized spacial score (nSPS) is 11.5. The lowest BCUT2D eigenvalue weighted by molar-refractivity contribution is -0.163. The van der Waals surface area contributed by atoms with Crippen LogP contribution >= 0.6 is 0 Å². The number of benzene rings is 3. The van der Waals surface area contributed by atoms with Crippen LogP contribution in [0.2, 0.25) is 0 Å². The number of ether oxygens (including phenoxy) is 3. The van der Waals surface area contributed by atoms with Crippen molar-refractivity contribution in [1.29, 1.82) is 0 Å². The Morgan fingerprint density at radius 2 is 1.21 bits per heavy atom. The molecule has 1 atom stereocenters. The predicted octanol–water partition coefficient (Wildman–Crippen LogP) is 4.82. The molecular weight excluding hydrogens is 452 g/mol. The Morgan fingerprint density at radius 3 is 1.74 bits per heavy atom. The van der Waals surface area contributed by atoms with Gasteiger partial charge in [0.25, 0.3) is 0 Å². The molecule has 0 bridgehead atoms. The number of carbonyl (C=O) groups is 3. The Labute approximate surface area is 202 Å². The van der Waals surface area contributed by atoms with Crippen molar-refractivity contribution >= 4 is 28.8 Å². The maximum absolute atomic E-state index is 12.1. The average Bonchev–Trinajstić information content (AvgIpc) is 2.88. The minimum atomic E-state index is -0.807. The van der Waals surface area contributed by atoms with Crippen molar-refractivity contribution in [2.45, 2.75) is 35.0 Å². The van der Waals surface area contributed by atoms with Crippen LogP contribution in [0.15, 0.2) is 99.6 Å². The second-order valence-electron chi connectivity index (χ2n) is 7.46. The molecule has 0 amide bonds. The third kappa shape index (κ3) is 7.22. The number of rotatable bonds is 10. The van der Waals surface area contributed by atoms with Crippen LogP contribution in [0.25, 0.3) is 0 Å². The zero-order valence-corrected chi connectivity index (χ0v) is 20.0. The number of hydrogen-bond donors (Lipinski definition) is 0. The first-order valence-corrected chi connectivity index (χ1v) is 12.2. The number of esters is 3. The van der Waals surface area contributed by atoms with Crippen LogP contribution in [0, 0.1) is 5.92 Å². The number of carbonyl (C=O) groups excluding carboxylic acids is 3. The first kappa shape index (κ1) is 25.1. The molecule has 34 heavy (non-hydrogen) atoms. The third-order valence-electron chi connectivity index (χ3n) is 4.95. The molecule has 0 N–H and O–H groups in total. The summed E-state index contributed by atoms with van der Waals surface area (Å²) in [5.74, 6) is -1.97. The van der Waals surface area contributed by atoms with E-state index in [1.165, 1.54) is 9.79 Å².